The molecule has 2 amide bonds. The fraction of sp³-hybridized carbons (Fsp3) is 0.457. The summed E-state index contributed by atoms with van der Waals surface area (Å²) in [5.41, 5.74) is 5.54. The number of carbonyl (C=O) groups excluding carboxylic acids is 2. The van der Waals surface area contributed by atoms with Crippen LogP contribution in [-0.2, 0) is 0 Å². The van der Waals surface area contributed by atoms with Gasteiger partial charge in [0.2, 0.25) is 0 Å². The van der Waals surface area contributed by atoms with Gasteiger partial charge in [-0.15, -0.1) is 0 Å². The van der Waals surface area contributed by atoms with Crippen LogP contribution in [0.15, 0.2) is 67.0 Å². The SMILES string of the molecule is Cc1cc(C(=O)N2CCCC2)cc(C)c1C(=O)NCC[C@@H](C)N1CCC(NC(c2ccccc2)c2cccnc2)CC1. The fourth-order valence-corrected chi connectivity index (χ4v) is 6.53. The molecule has 0 bridgehead atoms. The van der Waals surface area contributed by atoms with E-state index < -0.39 is 0 Å². The molecular weight excluding hydrogens is 522 g/mol. The molecule has 0 aliphatic carbocycles. The van der Waals surface area contributed by atoms with Gasteiger partial charge in [0.05, 0.1) is 6.04 Å². The Bertz CT molecular complexity index is 1270. The lowest BCUT2D eigenvalue weighted by Crippen LogP contribution is -2.47. The third kappa shape index (κ3) is 7.26. The quantitative estimate of drug-likeness (QED) is 0.348. The van der Waals surface area contributed by atoms with Crippen LogP contribution in [0, 0.1) is 13.8 Å². The largest absolute Gasteiger partial charge is 0.352 e. The highest BCUT2D eigenvalue weighted by atomic mass is 16.2. The number of aryl methyl sites for hydroxylation is 2. The summed E-state index contributed by atoms with van der Waals surface area (Å²) in [4.78, 5) is 34.8. The van der Waals surface area contributed by atoms with Crippen LogP contribution < -0.4 is 10.6 Å². The minimum atomic E-state index is -0.0531. The third-order valence-corrected chi connectivity index (χ3v) is 8.95. The van der Waals surface area contributed by atoms with E-state index in [1.165, 1.54) is 11.1 Å². The van der Waals surface area contributed by atoms with Crippen molar-refractivity contribution in [2.45, 2.75) is 71.0 Å². The van der Waals surface area contributed by atoms with Gasteiger partial charge in [-0.05, 0) is 106 Å². The predicted octanol–water partition coefficient (Wildman–Crippen LogP) is 5.29. The number of nitrogens with one attached hydrogen (secondary N) is 2. The fourth-order valence-electron chi connectivity index (χ4n) is 6.53. The first-order chi connectivity index (χ1) is 20.4. The zero-order valence-electron chi connectivity index (χ0n) is 25.3. The zero-order chi connectivity index (χ0) is 29.5. The van der Waals surface area contributed by atoms with Gasteiger partial charge in [0, 0.05) is 55.2 Å². The summed E-state index contributed by atoms with van der Waals surface area (Å²) in [5, 5.41) is 7.06. The van der Waals surface area contributed by atoms with Crippen molar-refractivity contribution in [1.82, 2.24) is 25.4 Å². The zero-order valence-corrected chi connectivity index (χ0v) is 25.3. The maximum atomic E-state index is 13.1. The van der Waals surface area contributed by atoms with E-state index in [2.05, 4.69) is 63.8 Å². The van der Waals surface area contributed by atoms with E-state index in [4.69, 9.17) is 0 Å². The molecule has 2 fully saturated rings. The second-order valence-electron chi connectivity index (χ2n) is 12.0. The van der Waals surface area contributed by atoms with E-state index in [1.54, 1.807) is 0 Å². The van der Waals surface area contributed by atoms with Gasteiger partial charge in [0.15, 0.2) is 0 Å². The minimum Gasteiger partial charge on any atom is -0.352 e. The molecule has 0 radical (unpaired) electrons. The van der Waals surface area contributed by atoms with Crippen molar-refractivity contribution in [2.75, 3.05) is 32.7 Å². The van der Waals surface area contributed by atoms with Gasteiger partial charge in [0.1, 0.15) is 0 Å². The molecule has 7 nitrogen and oxygen atoms in total. The van der Waals surface area contributed by atoms with Gasteiger partial charge < -0.3 is 20.4 Å². The van der Waals surface area contributed by atoms with Crippen LogP contribution in [0.3, 0.4) is 0 Å². The van der Waals surface area contributed by atoms with Crippen molar-refractivity contribution >= 4 is 11.8 Å². The first kappa shape index (κ1) is 29.9. The molecular formula is C35H45N5O2. The van der Waals surface area contributed by atoms with Crippen molar-refractivity contribution in [2.24, 2.45) is 0 Å². The smallest absolute Gasteiger partial charge is 0.253 e. The van der Waals surface area contributed by atoms with Crippen LogP contribution in [-0.4, -0.2) is 71.4 Å². The summed E-state index contributed by atoms with van der Waals surface area (Å²) >= 11 is 0. The number of hydrogen-bond donors (Lipinski definition) is 2. The van der Waals surface area contributed by atoms with Crippen molar-refractivity contribution < 1.29 is 9.59 Å². The Morgan fingerprint density at radius 1 is 0.929 bits per heavy atom. The Kier molecular flexibility index (Phi) is 10.0. The van der Waals surface area contributed by atoms with E-state index >= 15 is 0 Å². The molecule has 222 valence electrons. The molecule has 5 rings (SSSR count). The number of benzene rings is 2. The van der Waals surface area contributed by atoms with E-state index in [0.29, 0.717) is 29.8 Å². The van der Waals surface area contributed by atoms with Gasteiger partial charge in [-0.3, -0.25) is 14.6 Å². The Labute approximate surface area is 250 Å². The van der Waals surface area contributed by atoms with Gasteiger partial charge >= 0.3 is 0 Å². The summed E-state index contributed by atoms with van der Waals surface area (Å²) in [6.07, 6.45) is 8.99. The summed E-state index contributed by atoms with van der Waals surface area (Å²) in [6, 6.07) is 19.5. The molecule has 0 spiro atoms. The van der Waals surface area contributed by atoms with Crippen molar-refractivity contribution in [3.63, 3.8) is 0 Å². The molecule has 42 heavy (non-hydrogen) atoms. The topological polar surface area (TPSA) is 77.6 Å². The number of hydrogen-bond acceptors (Lipinski definition) is 5. The first-order valence-electron chi connectivity index (χ1n) is 15.5. The molecule has 2 aromatic carbocycles. The number of piperidine rings is 1. The van der Waals surface area contributed by atoms with E-state index in [0.717, 1.165) is 69.4 Å². The minimum absolute atomic E-state index is 0.0531. The number of aromatic nitrogens is 1. The summed E-state index contributed by atoms with van der Waals surface area (Å²) in [5.74, 6) is 0.0220. The molecule has 7 heteroatoms. The molecule has 2 saturated heterocycles. The van der Waals surface area contributed by atoms with Gasteiger partial charge in [-0.2, -0.15) is 0 Å². The van der Waals surface area contributed by atoms with Crippen LogP contribution in [0.5, 0.6) is 0 Å². The van der Waals surface area contributed by atoms with Crippen molar-refractivity contribution in [3.8, 4) is 0 Å². The van der Waals surface area contributed by atoms with Gasteiger partial charge in [-0.1, -0.05) is 36.4 Å². The Hall–Kier alpha value is -3.55. The average Bonchev–Trinajstić information content (AvgIpc) is 3.55. The second kappa shape index (κ2) is 14.1. The normalized spacial score (nSPS) is 17.6. The van der Waals surface area contributed by atoms with Crippen LogP contribution >= 0.6 is 0 Å². The maximum Gasteiger partial charge on any atom is 0.253 e. The number of rotatable bonds is 10. The monoisotopic (exact) mass is 567 g/mol. The molecule has 2 atom stereocenters. The first-order valence-corrected chi connectivity index (χ1v) is 15.5. The number of amides is 2. The summed E-state index contributed by atoms with van der Waals surface area (Å²) < 4.78 is 0. The lowest BCUT2D eigenvalue weighted by molar-refractivity contribution is 0.0791. The second-order valence-corrected chi connectivity index (χ2v) is 12.0. The molecule has 0 saturated carbocycles. The van der Waals surface area contributed by atoms with E-state index in [9.17, 15) is 9.59 Å². The van der Waals surface area contributed by atoms with Crippen molar-refractivity contribution in [3.05, 3.63) is 100 Å². The lowest BCUT2D eigenvalue weighted by Gasteiger charge is -2.38. The molecule has 3 aromatic rings. The summed E-state index contributed by atoms with van der Waals surface area (Å²) in [7, 11) is 0. The van der Waals surface area contributed by atoms with Crippen molar-refractivity contribution in [1.29, 1.82) is 0 Å². The number of carbonyl (C=O) groups is 2. The van der Waals surface area contributed by atoms with Crippen LogP contribution in [0.2, 0.25) is 0 Å². The maximum absolute atomic E-state index is 13.1. The molecule has 2 N–H and O–H groups in total. The summed E-state index contributed by atoms with van der Waals surface area (Å²) in [6.45, 7) is 10.5. The molecule has 1 unspecified atom stereocenters. The molecule has 2 aliphatic heterocycles. The Morgan fingerprint density at radius 2 is 1.60 bits per heavy atom. The number of pyridine rings is 1. The molecule has 1 aromatic heterocycles. The van der Waals surface area contributed by atoms with Gasteiger partial charge in [-0.25, -0.2) is 0 Å². The van der Waals surface area contributed by atoms with Crippen LogP contribution in [0.4, 0.5) is 0 Å². The highest BCUT2D eigenvalue weighted by molar-refractivity contribution is 6.00. The molecule has 2 aliphatic rings. The van der Waals surface area contributed by atoms with Gasteiger partial charge in [0.25, 0.3) is 11.8 Å². The highest BCUT2D eigenvalue weighted by Crippen LogP contribution is 2.25. The van der Waals surface area contributed by atoms with E-state index in [1.807, 2.05) is 49.3 Å². The Morgan fingerprint density at radius 3 is 2.24 bits per heavy atom. The van der Waals surface area contributed by atoms with Crippen LogP contribution in [0.1, 0.15) is 88.0 Å². The van der Waals surface area contributed by atoms with E-state index in [-0.39, 0.29) is 17.9 Å². The average molecular weight is 568 g/mol. The number of nitrogens with zero attached hydrogens (tertiary/aromatic N) is 3. The predicted molar refractivity (Wildman–Crippen MR) is 168 cm³/mol. The van der Waals surface area contributed by atoms with Crippen LogP contribution in [0.25, 0.3) is 0 Å². The standard InChI is InChI=1S/C35H45N5O2/c1-25-22-30(35(42)40-18-7-8-19-40)23-26(2)32(25)34(41)37-17-13-27(3)39-20-14-31(15-21-39)38-33(28-10-5-4-6-11-28)29-12-9-16-36-24-29/h4-6,9-12,16,22-24,27,31,33,38H,7-8,13-15,17-21H2,1-3H3,(H,37,41)/t27-,33?/m1/s1. The molecule has 3 heterocycles. The highest BCUT2D eigenvalue weighted by Gasteiger charge is 2.26. The lowest BCUT2D eigenvalue weighted by atomic mass is 9.96. The Balaban J connectivity index is 1.10. The number of likely N-dealkylation sites (tertiary alicyclic amines) is 2. The third-order valence-electron chi connectivity index (χ3n) is 8.95.